The summed E-state index contributed by atoms with van der Waals surface area (Å²) in [6, 6.07) is 7.10. The highest BCUT2D eigenvalue weighted by Gasteiger charge is 2.39. The third-order valence-corrected chi connectivity index (χ3v) is 6.66. The molecule has 45 heavy (non-hydrogen) atoms. The van der Waals surface area contributed by atoms with Crippen LogP contribution in [0.15, 0.2) is 47.7 Å². The number of pyridine rings is 1. The molecule has 0 saturated carbocycles. The molecule has 0 unspecified atom stereocenters. The van der Waals surface area contributed by atoms with E-state index in [1.807, 2.05) is 28.0 Å². The van der Waals surface area contributed by atoms with Crippen molar-refractivity contribution in [2.75, 3.05) is 18.0 Å². The molecule has 1 saturated heterocycles. The molecular weight excluding hydrogens is 689 g/mol. The fourth-order valence-electron chi connectivity index (χ4n) is 4.24. The Kier molecular flexibility index (Phi) is 11.0. The van der Waals surface area contributed by atoms with Crippen LogP contribution in [0.1, 0.15) is 18.9 Å². The number of nitriles is 1. The van der Waals surface area contributed by atoms with Gasteiger partial charge in [0.15, 0.2) is 11.6 Å². The summed E-state index contributed by atoms with van der Waals surface area (Å²) >= 11 is 3.31. The zero-order chi connectivity index (χ0) is 33.5. The summed E-state index contributed by atoms with van der Waals surface area (Å²) in [5.41, 5.74) is 2.42. The Balaban J connectivity index is 0.000000331. The molecule has 0 aromatic carbocycles. The van der Waals surface area contributed by atoms with Gasteiger partial charge in [-0.15, -0.1) is 0 Å². The topological polar surface area (TPSA) is 174 Å². The Labute approximate surface area is 256 Å². The van der Waals surface area contributed by atoms with Crippen LogP contribution in [0.4, 0.5) is 36.6 Å². The largest absolute Gasteiger partial charge is 0.490 e. The summed E-state index contributed by atoms with van der Waals surface area (Å²) in [6.45, 7) is 1.29. The minimum atomic E-state index is -5.08. The van der Waals surface area contributed by atoms with Gasteiger partial charge in [0.2, 0.25) is 0 Å². The SMILES string of the molecule is N#CC[C@@H]([C@H]1CCN(c2nc(Br)ccc2F)C1)n1cc(-c2ncnc3[nH]ccc23)cn1.O=C(O)C(F)(F)F.O=C(O)C(F)(F)F. The fraction of sp³-hybridized carbons (Fsp3) is 0.320. The lowest BCUT2D eigenvalue weighted by Gasteiger charge is -2.23. The number of rotatable bonds is 5. The zero-order valence-corrected chi connectivity index (χ0v) is 24.0. The van der Waals surface area contributed by atoms with Crippen LogP contribution in [-0.2, 0) is 9.59 Å². The summed E-state index contributed by atoms with van der Waals surface area (Å²) in [6.07, 6.45) is -1.98. The number of aromatic amines is 1. The van der Waals surface area contributed by atoms with Gasteiger partial charge in [-0.2, -0.15) is 36.7 Å². The van der Waals surface area contributed by atoms with E-state index >= 15 is 0 Å². The predicted molar refractivity (Wildman–Crippen MR) is 144 cm³/mol. The van der Waals surface area contributed by atoms with E-state index in [0.717, 1.165) is 28.7 Å². The van der Waals surface area contributed by atoms with Crippen molar-refractivity contribution >= 4 is 44.7 Å². The van der Waals surface area contributed by atoms with Crippen LogP contribution in [0.25, 0.3) is 22.3 Å². The first-order valence-electron chi connectivity index (χ1n) is 12.4. The van der Waals surface area contributed by atoms with Crippen LogP contribution in [-0.4, -0.2) is 77.3 Å². The summed E-state index contributed by atoms with van der Waals surface area (Å²) < 4.78 is 80.2. The summed E-state index contributed by atoms with van der Waals surface area (Å²) in [5.74, 6) is -5.38. The van der Waals surface area contributed by atoms with Gasteiger partial charge < -0.3 is 20.1 Å². The predicted octanol–water partition coefficient (Wildman–Crippen LogP) is 5.37. The lowest BCUT2D eigenvalue weighted by Crippen LogP contribution is -2.26. The summed E-state index contributed by atoms with van der Waals surface area (Å²) in [5, 5.41) is 29.2. The number of carboxylic acids is 2. The molecular formula is C25H20BrF7N8O4. The van der Waals surface area contributed by atoms with Crippen molar-refractivity contribution in [1.82, 2.24) is 29.7 Å². The molecule has 0 aliphatic carbocycles. The third kappa shape index (κ3) is 9.10. The van der Waals surface area contributed by atoms with E-state index in [-0.39, 0.29) is 17.8 Å². The number of H-pyrrole nitrogens is 1. The molecule has 2 atom stereocenters. The number of aromatic nitrogens is 6. The van der Waals surface area contributed by atoms with E-state index in [0.29, 0.717) is 29.9 Å². The normalized spacial score (nSPS) is 15.4. The average molecular weight is 709 g/mol. The van der Waals surface area contributed by atoms with Gasteiger partial charge in [0.1, 0.15) is 16.6 Å². The zero-order valence-electron chi connectivity index (χ0n) is 22.4. The number of aliphatic carboxylic acids is 2. The summed E-state index contributed by atoms with van der Waals surface area (Å²) in [7, 11) is 0. The van der Waals surface area contributed by atoms with Crippen molar-refractivity contribution in [1.29, 1.82) is 5.26 Å². The van der Waals surface area contributed by atoms with Crippen molar-refractivity contribution in [2.24, 2.45) is 5.92 Å². The van der Waals surface area contributed by atoms with Gasteiger partial charge in [-0.05, 0) is 40.5 Å². The van der Waals surface area contributed by atoms with Crippen LogP contribution in [0, 0.1) is 23.1 Å². The molecule has 4 aromatic heterocycles. The molecule has 1 aliphatic heterocycles. The number of hydrogen-bond acceptors (Lipinski definition) is 8. The molecule has 5 heterocycles. The molecule has 4 aromatic rings. The fourth-order valence-corrected chi connectivity index (χ4v) is 4.54. The van der Waals surface area contributed by atoms with Crippen molar-refractivity contribution in [3.8, 4) is 17.3 Å². The number of hydrogen-bond donors (Lipinski definition) is 3. The molecule has 12 nitrogen and oxygen atoms in total. The van der Waals surface area contributed by atoms with Gasteiger partial charge in [-0.1, -0.05) is 0 Å². The second kappa shape index (κ2) is 14.3. The molecule has 3 N–H and O–H groups in total. The Morgan fingerprint density at radius 3 is 2.36 bits per heavy atom. The Bertz CT molecular complexity index is 1660. The number of carbonyl (C=O) groups is 2. The lowest BCUT2D eigenvalue weighted by atomic mass is 9.96. The van der Waals surface area contributed by atoms with E-state index < -0.39 is 24.3 Å². The number of halogens is 8. The van der Waals surface area contributed by atoms with E-state index in [2.05, 4.69) is 47.0 Å². The lowest BCUT2D eigenvalue weighted by molar-refractivity contribution is -0.193. The van der Waals surface area contributed by atoms with Crippen molar-refractivity contribution < 1.29 is 50.5 Å². The molecule has 240 valence electrons. The van der Waals surface area contributed by atoms with Gasteiger partial charge in [0.25, 0.3) is 0 Å². The first-order chi connectivity index (χ1) is 21.0. The highest BCUT2D eigenvalue weighted by molar-refractivity contribution is 9.10. The number of fused-ring (bicyclic) bond motifs is 1. The van der Waals surface area contributed by atoms with E-state index in [1.165, 1.54) is 12.4 Å². The Morgan fingerprint density at radius 2 is 1.76 bits per heavy atom. The number of nitrogens with one attached hydrogen (secondary N) is 1. The third-order valence-electron chi connectivity index (χ3n) is 6.22. The standard InChI is InChI=1S/C21H18BrFN8.2C2HF3O2/c22-18-2-1-16(23)21(29-18)30-8-5-13(10-30)17(3-6-24)31-11-14(9-28-31)19-15-4-7-25-20(15)27-12-26-19;2*3-2(4,5)1(6)7/h1-2,4,7,9,11-13,17H,3,5,8,10H2,(H,25,26,27);2*(H,6,7)/t13-,17-;;/m0../s1. The van der Waals surface area contributed by atoms with Gasteiger partial charge in [0, 0.05) is 42.4 Å². The van der Waals surface area contributed by atoms with Crippen molar-refractivity contribution in [3.05, 3.63) is 53.5 Å². The van der Waals surface area contributed by atoms with Crippen LogP contribution in [0.3, 0.4) is 0 Å². The number of alkyl halides is 6. The Hall–Kier alpha value is -4.80. The average Bonchev–Trinajstić information content (AvgIpc) is 3.74. The van der Waals surface area contributed by atoms with Gasteiger partial charge in [-0.25, -0.2) is 28.9 Å². The van der Waals surface area contributed by atoms with Crippen LogP contribution in [0.2, 0.25) is 0 Å². The Morgan fingerprint density at radius 1 is 1.11 bits per heavy atom. The number of anilines is 1. The first kappa shape index (κ1) is 34.7. The molecule has 0 radical (unpaired) electrons. The molecule has 5 rings (SSSR count). The van der Waals surface area contributed by atoms with Crippen molar-refractivity contribution in [3.63, 3.8) is 0 Å². The van der Waals surface area contributed by atoms with Gasteiger partial charge >= 0.3 is 24.3 Å². The maximum atomic E-state index is 14.3. The maximum Gasteiger partial charge on any atom is 0.490 e. The molecule has 0 bridgehead atoms. The van der Waals surface area contributed by atoms with Crippen molar-refractivity contribution in [2.45, 2.75) is 31.2 Å². The van der Waals surface area contributed by atoms with Crippen LogP contribution in [0.5, 0.6) is 0 Å². The minimum Gasteiger partial charge on any atom is -0.475 e. The van der Waals surface area contributed by atoms with E-state index in [4.69, 9.17) is 19.8 Å². The van der Waals surface area contributed by atoms with Gasteiger partial charge in [0.05, 0.1) is 30.4 Å². The van der Waals surface area contributed by atoms with E-state index in [9.17, 15) is 36.0 Å². The van der Waals surface area contributed by atoms with Crippen LogP contribution >= 0.6 is 15.9 Å². The first-order valence-corrected chi connectivity index (χ1v) is 13.2. The van der Waals surface area contributed by atoms with E-state index in [1.54, 1.807) is 12.3 Å². The second-order valence-corrected chi connectivity index (χ2v) is 9.95. The molecule has 1 aliphatic rings. The quantitative estimate of drug-likeness (QED) is 0.181. The highest BCUT2D eigenvalue weighted by Crippen LogP contribution is 2.34. The molecule has 0 amide bonds. The van der Waals surface area contributed by atoms with Gasteiger partial charge in [-0.3, -0.25) is 4.68 Å². The maximum absolute atomic E-state index is 14.3. The highest BCUT2D eigenvalue weighted by atomic mass is 79.9. The van der Waals surface area contributed by atoms with Crippen LogP contribution < -0.4 is 4.90 Å². The monoisotopic (exact) mass is 708 g/mol. The number of nitrogens with zero attached hydrogens (tertiary/aromatic N) is 7. The number of carboxylic acid groups (broad SMARTS) is 2. The molecule has 20 heteroatoms. The molecule has 1 fully saturated rings. The smallest absolute Gasteiger partial charge is 0.475 e. The molecule has 0 spiro atoms. The minimum absolute atomic E-state index is 0.123. The summed E-state index contributed by atoms with van der Waals surface area (Å²) in [4.78, 5) is 35.8. The second-order valence-electron chi connectivity index (χ2n) is 9.14.